The van der Waals surface area contributed by atoms with Crippen molar-refractivity contribution >= 4 is 44.6 Å². The molecule has 5 nitrogen and oxygen atoms in total. The first kappa shape index (κ1) is 13.2. The molecule has 1 saturated heterocycles. The second-order valence-electron chi connectivity index (χ2n) is 5.26. The summed E-state index contributed by atoms with van der Waals surface area (Å²) in [5, 5.41) is 4.94. The SMILES string of the molecule is Clc1ccc2nc(N3CC(Cn4cc(Br)cn4)C3)oc2c1. The molecule has 108 valence electrons. The molecule has 0 unspecified atom stereocenters. The largest absolute Gasteiger partial charge is 0.423 e. The Morgan fingerprint density at radius 2 is 2.24 bits per heavy atom. The first-order chi connectivity index (χ1) is 10.2. The average molecular weight is 368 g/mol. The van der Waals surface area contributed by atoms with Crippen LogP contribution in [0.2, 0.25) is 5.02 Å². The number of hydrogen-bond donors (Lipinski definition) is 0. The third-order valence-electron chi connectivity index (χ3n) is 3.61. The van der Waals surface area contributed by atoms with Gasteiger partial charge in [-0.2, -0.15) is 10.1 Å². The molecule has 0 atom stereocenters. The van der Waals surface area contributed by atoms with E-state index in [4.69, 9.17) is 16.0 Å². The summed E-state index contributed by atoms with van der Waals surface area (Å²) in [4.78, 5) is 6.63. The van der Waals surface area contributed by atoms with E-state index in [0.717, 1.165) is 35.2 Å². The zero-order valence-corrected chi connectivity index (χ0v) is 13.4. The van der Waals surface area contributed by atoms with E-state index in [-0.39, 0.29) is 0 Å². The fourth-order valence-electron chi connectivity index (χ4n) is 2.57. The molecule has 1 aliphatic heterocycles. The molecule has 1 aliphatic rings. The summed E-state index contributed by atoms with van der Waals surface area (Å²) in [6, 6.07) is 6.17. The number of fused-ring (bicyclic) bond motifs is 1. The molecule has 7 heteroatoms. The molecular weight excluding hydrogens is 356 g/mol. The monoisotopic (exact) mass is 366 g/mol. The van der Waals surface area contributed by atoms with Gasteiger partial charge in [0.05, 0.1) is 10.7 Å². The Morgan fingerprint density at radius 1 is 1.38 bits per heavy atom. The van der Waals surface area contributed by atoms with Crippen molar-refractivity contribution in [2.24, 2.45) is 5.92 Å². The minimum atomic E-state index is 0.565. The molecule has 1 aromatic carbocycles. The number of oxazole rings is 1. The minimum Gasteiger partial charge on any atom is -0.423 e. The van der Waals surface area contributed by atoms with Gasteiger partial charge in [0.15, 0.2) is 5.58 Å². The maximum absolute atomic E-state index is 5.96. The number of anilines is 1. The number of rotatable bonds is 3. The molecule has 3 aromatic rings. The number of benzene rings is 1. The van der Waals surface area contributed by atoms with Crippen LogP contribution in [0.3, 0.4) is 0 Å². The predicted molar refractivity (Wildman–Crippen MR) is 84.6 cm³/mol. The van der Waals surface area contributed by atoms with E-state index in [2.05, 4.69) is 30.9 Å². The van der Waals surface area contributed by atoms with Gasteiger partial charge in [-0.1, -0.05) is 11.6 Å². The standard InChI is InChI=1S/C14H12BrClN4O/c15-10-4-17-20(8-10)7-9-5-19(6-9)14-18-12-2-1-11(16)3-13(12)21-14/h1-4,8-9H,5-7H2. The van der Waals surface area contributed by atoms with E-state index in [0.29, 0.717) is 17.0 Å². The highest BCUT2D eigenvalue weighted by Crippen LogP contribution is 2.29. The van der Waals surface area contributed by atoms with Crippen LogP contribution in [0, 0.1) is 5.92 Å². The molecule has 1 fully saturated rings. The topological polar surface area (TPSA) is 47.1 Å². The Bertz CT molecular complexity index is 793. The Morgan fingerprint density at radius 3 is 3.00 bits per heavy atom. The summed E-state index contributed by atoms with van der Waals surface area (Å²) in [6.45, 7) is 2.77. The van der Waals surface area contributed by atoms with E-state index in [9.17, 15) is 0 Å². The van der Waals surface area contributed by atoms with E-state index >= 15 is 0 Å². The van der Waals surface area contributed by atoms with Crippen LogP contribution in [-0.2, 0) is 6.54 Å². The first-order valence-corrected chi connectivity index (χ1v) is 7.83. The molecular formula is C14H12BrClN4O. The number of aromatic nitrogens is 3. The van der Waals surface area contributed by atoms with Gasteiger partial charge in [0.1, 0.15) is 5.52 Å². The molecule has 21 heavy (non-hydrogen) atoms. The van der Waals surface area contributed by atoms with Crippen LogP contribution < -0.4 is 4.90 Å². The summed E-state index contributed by atoms with van der Waals surface area (Å²) < 4.78 is 8.72. The molecule has 0 aliphatic carbocycles. The van der Waals surface area contributed by atoms with Crippen LogP contribution in [0.5, 0.6) is 0 Å². The lowest BCUT2D eigenvalue weighted by Crippen LogP contribution is -2.48. The lowest BCUT2D eigenvalue weighted by molar-refractivity contribution is 0.325. The van der Waals surface area contributed by atoms with Crippen molar-refractivity contribution in [1.82, 2.24) is 14.8 Å². The molecule has 0 spiro atoms. The van der Waals surface area contributed by atoms with Crippen LogP contribution in [0.25, 0.3) is 11.1 Å². The summed E-state index contributed by atoms with van der Waals surface area (Å²) in [5.74, 6) is 0.565. The number of hydrogen-bond acceptors (Lipinski definition) is 4. The highest BCUT2D eigenvalue weighted by Gasteiger charge is 2.30. The third kappa shape index (κ3) is 2.53. The van der Waals surface area contributed by atoms with Crippen molar-refractivity contribution in [3.63, 3.8) is 0 Å². The fourth-order valence-corrected chi connectivity index (χ4v) is 3.06. The number of nitrogens with zero attached hydrogens (tertiary/aromatic N) is 4. The highest BCUT2D eigenvalue weighted by atomic mass is 79.9. The molecule has 4 rings (SSSR count). The highest BCUT2D eigenvalue weighted by molar-refractivity contribution is 9.10. The Balaban J connectivity index is 1.44. The molecule has 3 heterocycles. The van der Waals surface area contributed by atoms with Gasteiger partial charge in [0.25, 0.3) is 6.01 Å². The molecule has 0 radical (unpaired) electrons. The zero-order valence-electron chi connectivity index (χ0n) is 11.0. The van der Waals surface area contributed by atoms with Gasteiger partial charge in [0.2, 0.25) is 0 Å². The van der Waals surface area contributed by atoms with Crippen LogP contribution in [0.15, 0.2) is 39.5 Å². The lowest BCUT2D eigenvalue weighted by Gasteiger charge is -2.37. The van der Waals surface area contributed by atoms with Crippen molar-refractivity contribution in [3.05, 3.63) is 40.1 Å². The van der Waals surface area contributed by atoms with Gasteiger partial charge in [0, 0.05) is 42.8 Å². The minimum absolute atomic E-state index is 0.565. The normalized spacial score (nSPS) is 15.6. The maximum Gasteiger partial charge on any atom is 0.298 e. The first-order valence-electron chi connectivity index (χ1n) is 6.66. The molecule has 0 amide bonds. The average Bonchev–Trinajstić information content (AvgIpc) is 2.98. The van der Waals surface area contributed by atoms with Gasteiger partial charge in [-0.15, -0.1) is 0 Å². The van der Waals surface area contributed by atoms with Crippen LogP contribution in [0.1, 0.15) is 0 Å². The Labute approximate surface area is 134 Å². The van der Waals surface area contributed by atoms with Crippen molar-refractivity contribution in [2.75, 3.05) is 18.0 Å². The lowest BCUT2D eigenvalue weighted by atomic mass is 10.0. The van der Waals surface area contributed by atoms with Gasteiger partial charge in [-0.3, -0.25) is 4.68 Å². The summed E-state index contributed by atoms with van der Waals surface area (Å²) in [5.41, 5.74) is 1.57. The molecule has 0 bridgehead atoms. The second-order valence-corrected chi connectivity index (χ2v) is 6.61. The predicted octanol–water partition coefficient (Wildman–Crippen LogP) is 3.58. The van der Waals surface area contributed by atoms with E-state index in [1.54, 1.807) is 12.3 Å². The van der Waals surface area contributed by atoms with Crippen molar-refractivity contribution in [3.8, 4) is 0 Å². The van der Waals surface area contributed by atoms with Crippen LogP contribution >= 0.6 is 27.5 Å². The van der Waals surface area contributed by atoms with Crippen LogP contribution in [0.4, 0.5) is 6.01 Å². The third-order valence-corrected chi connectivity index (χ3v) is 4.26. The van der Waals surface area contributed by atoms with Gasteiger partial charge in [-0.05, 0) is 28.1 Å². The second kappa shape index (κ2) is 5.03. The number of halogens is 2. The summed E-state index contributed by atoms with van der Waals surface area (Å²) in [6.07, 6.45) is 3.80. The maximum atomic E-state index is 5.96. The zero-order chi connectivity index (χ0) is 14.4. The van der Waals surface area contributed by atoms with Crippen molar-refractivity contribution < 1.29 is 4.42 Å². The van der Waals surface area contributed by atoms with Crippen LogP contribution in [-0.4, -0.2) is 27.9 Å². The molecule has 0 N–H and O–H groups in total. The van der Waals surface area contributed by atoms with Gasteiger partial charge >= 0.3 is 0 Å². The smallest absolute Gasteiger partial charge is 0.298 e. The summed E-state index contributed by atoms with van der Waals surface area (Å²) >= 11 is 9.36. The van der Waals surface area contributed by atoms with E-state index < -0.39 is 0 Å². The quantitative estimate of drug-likeness (QED) is 0.710. The van der Waals surface area contributed by atoms with Gasteiger partial charge in [-0.25, -0.2) is 0 Å². The fraction of sp³-hybridized carbons (Fsp3) is 0.286. The van der Waals surface area contributed by atoms with Crippen molar-refractivity contribution in [1.29, 1.82) is 0 Å². The molecule has 2 aromatic heterocycles. The van der Waals surface area contributed by atoms with Crippen molar-refractivity contribution in [2.45, 2.75) is 6.54 Å². The summed E-state index contributed by atoms with van der Waals surface area (Å²) in [7, 11) is 0. The van der Waals surface area contributed by atoms with E-state index in [1.807, 2.05) is 23.0 Å². The molecule has 0 saturated carbocycles. The Hall–Kier alpha value is -1.53. The van der Waals surface area contributed by atoms with E-state index in [1.165, 1.54) is 0 Å². The Kier molecular flexibility index (Phi) is 3.15. The van der Waals surface area contributed by atoms with Gasteiger partial charge < -0.3 is 9.32 Å².